The molecule has 0 saturated carbocycles. The Kier molecular flexibility index (Phi) is 6.62. The molecule has 0 aliphatic heterocycles. The number of para-hydroxylation sites is 1. The predicted octanol–water partition coefficient (Wildman–Crippen LogP) is 4.79. The minimum atomic E-state index is -0.407. The van der Waals surface area contributed by atoms with Crippen LogP contribution in [0.25, 0.3) is 10.2 Å². The predicted molar refractivity (Wildman–Crippen MR) is 110 cm³/mol. The summed E-state index contributed by atoms with van der Waals surface area (Å²) in [5, 5.41) is 0. The highest BCUT2D eigenvalue weighted by molar-refractivity contribution is 7.16. The number of hydrogen-bond acceptors (Lipinski definition) is 3. The lowest BCUT2D eigenvalue weighted by Crippen LogP contribution is -2.17. The molecule has 0 aliphatic rings. The molecule has 144 valence electrons. The van der Waals surface area contributed by atoms with Gasteiger partial charge < -0.3 is 9.30 Å². The van der Waals surface area contributed by atoms with Crippen LogP contribution in [0, 0.1) is 18.2 Å². The number of amides is 1. The molecule has 0 spiro atoms. The maximum atomic E-state index is 14.2. The number of carbonyl (C=O) groups is 1. The molecule has 1 aromatic heterocycles. The van der Waals surface area contributed by atoms with Gasteiger partial charge in [-0.05, 0) is 42.8 Å². The molecule has 0 fully saturated rings. The summed E-state index contributed by atoms with van der Waals surface area (Å²) in [6.07, 6.45) is 8.69. The Morgan fingerprint density at radius 3 is 2.75 bits per heavy atom. The molecular formula is C22H21FN2O2S. The van der Waals surface area contributed by atoms with E-state index in [0.29, 0.717) is 27.2 Å². The minimum absolute atomic E-state index is 0.136. The van der Waals surface area contributed by atoms with Gasteiger partial charge in [-0.15, -0.1) is 6.42 Å². The maximum absolute atomic E-state index is 14.2. The van der Waals surface area contributed by atoms with Crippen LogP contribution in [-0.2, 0) is 6.54 Å². The van der Waals surface area contributed by atoms with Gasteiger partial charge in [-0.3, -0.25) is 4.79 Å². The van der Waals surface area contributed by atoms with E-state index in [1.807, 2.05) is 0 Å². The van der Waals surface area contributed by atoms with Crippen LogP contribution in [0.3, 0.4) is 0 Å². The highest BCUT2D eigenvalue weighted by Crippen LogP contribution is 2.20. The molecule has 0 saturated heterocycles. The first-order valence-corrected chi connectivity index (χ1v) is 9.99. The lowest BCUT2D eigenvalue weighted by Gasteiger charge is -2.05. The fraction of sp³-hybridized carbons (Fsp3) is 0.273. The van der Waals surface area contributed by atoms with Gasteiger partial charge in [0.2, 0.25) is 0 Å². The zero-order chi connectivity index (χ0) is 19.9. The lowest BCUT2D eigenvalue weighted by atomic mass is 10.2. The van der Waals surface area contributed by atoms with Gasteiger partial charge in [0.1, 0.15) is 11.6 Å². The summed E-state index contributed by atoms with van der Waals surface area (Å²) in [4.78, 5) is 17.1. The Hall–Kier alpha value is -2.91. The Labute approximate surface area is 167 Å². The van der Waals surface area contributed by atoms with Crippen LogP contribution in [0.2, 0.25) is 0 Å². The summed E-state index contributed by atoms with van der Waals surface area (Å²) in [5.41, 5.74) is 0.805. The van der Waals surface area contributed by atoms with Crippen LogP contribution in [0.15, 0.2) is 47.5 Å². The third kappa shape index (κ3) is 4.49. The van der Waals surface area contributed by atoms with Crippen LogP contribution in [0.4, 0.5) is 4.39 Å². The molecule has 0 N–H and O–H groups in total. The van der Waals surface area contributed by atoms with Gasteiger partial charge in [0, 0.05) is 5.56 Å². The first-order chi connectivity index (χ1) is 13.6. The molecule has 0 radical (unpaired) electrons. The first kappa shape index (κ1) is 19.8. The normalized spacial score (nSPS) is 11.5. The second-order valence-corrected chi connectivity index (χ2v) is 7.27. The van der Waals surface area contributed by atoms with Crippen molar-refractivity contribution in [3.05, 3.63) is 58.6 Å². The number of nitrogens with zero attached hydrogens (tertiary/aromatic N) is 2. The van der Waals surface area contributed by atoms with E-state index in [1.54, 1.807) is 41.0 Å². The molecule has 3 aromatic rings. The van der Waals surface area contributed by atoms with E-state index < -0.39 is 5.91 Å². The molecular weight excluding hydrogens is 375 g/mol. The highest BCUT2D eigenvalue weighted by atomic mass is 32.1. The van der Waals surface area contributed by atoms with E-state index in [9.17, 15) is 9.18 Å². The summed E-state index contributed by atoms with van der Waals surface area (Å²) in [5.74, 6) is 2.42. The Morgan fingerprint density at radius 2 is 2.04 bits per heavy atom. The molecule has 6 heteroatoms. The second-order valence-electron chi connectivity index (χ2n) is 6.26. The Bertz CT molecular complexity index is 1070. The number of thiazole rings is 1. The average Bonchev–Trinajstić information content (AvgIpc) is 3.04. The number of fused-ring (bicyclic) bond motifs is 1. The summed E-state index contributed by atoms with van der Waals surface area (Å²) < 4.78 is 22.1. The van der Waals surface area contributed by atoms with Crippen molar-refractivity contribution in [2.24, 2.45) is 4.99 Å². The quantitative estimate of drug-likeness (QED) is 0.426. The molecule has 0 unspecified atom stereocenters. The number of terminal acetylenes is 1. The summed E-state index contributed by atoms with van der Waals surface area (Å²) >= 11 is 1.24. The number of carbonyl (C=O) groups excluding carboxylic acids is 1. The van der Waals surface area contributed by atoms with Gasteiger partial charge in [0.25, 0.3) is 5.91 Å². The van der Waals surface area contributed by atoms with Crippen LogP contribution < -0.4 is 9.54 Å². The number of ether oxygens (including phenoxy) is 1. The number of benzene rings is 2. The maximum Gasteiger partial charge on any atom is 0.279 e. The van der Waals surface area contributed by atoms with Crippen molar-refractivity contribution < 1.29 is 13.9 Å². The highest BCUT2D eigenvalue weighted by Gasteiger charge is 2.12. The number of rotatable bonds is 7. The van der Waals surface area contributed by atoms with Crippen molar-refractivity contribution in [2.75, 3.05) is 6.61 Å². The van der Waals surface area contributed by atoms with Crippen molar-refractivity contribution in [1.82, 2.24) is 4.57 Å². The smallest absolute Gasteiger partial charge is 0.279 e. The van der Waals surface area contributed by atoms with Gasteiger partial charge in [-0.2, -0.15) is 4.99 Å². The molecule has 4 nitrogen and oxygen atoms in total. The summed E-state index contributed by atoms with van der Waals surface area (Å²) in [6, 6.07) is 11.7. The largest absolute Gasteiger partial charge is 0.494 e. The van der Waals surface area contributed by atoms with Gasteiger partial charge in [0.05, 0.1) is 23.4 Å². The zero-order valence-electron chi connectivity index (χ0n) is 15.7. The topological polar surface area (TPSA) is 43.6 Å². The monoisotopic (exact) mass is 396 g/mol. The third-order valence-corrected chi connectivity index (χ3v) is 5.26. The molecule has 0 atom stereocenters. The van der Waals surface area contributed by atoms with Crippen molar-refractivity contribution in [3.63, 3.8) is 0 Å². The molecule has 3 rings (SSSR count). The second kappa shape index (κ2) is 9.34. The Morgan fingerprint density at radius 1 is 1.25 bits per heavy atom. The van der Waals surface area contributed by atoms with Crippen LogP contribution in [-0.4, -0.2) is 17.1 Å². The average molecular weight is 396 g/mol. The summed E-state index contributed by atoms with van der Waals surface area (Å²) in [6.45, 7) is 2.94. The number of unbranched alkanes of at least 4 members (excludes halogenated alkanes) is 2. The van der Waals surface area contributed by atoms with Crippen LogP contribution >= 0.6 is 11.3 Å². The SMILES string of the molecule is C#CCn1c(=NC(=O)c2ccc(OCCCCC)cc2)sc2cccc(F)c21. The van der Waals surface area contributed by atoms with E-state index in [-0.39, 0.29) is 12.4 Å². The van der Waals surface area contributed by atoms with E-state index in [1.165, 1.54) is 17.4 Å². The van der Waals surface area contributed by atoms with Gasteiger partial charge in [0.15, 0.2) is 4.80 Å². The van der Waals surface area contributed by atoms with Gasteiger partial charge in [-0.25, -0.2) is 4.39 Å². The van der Waals surface area contributed by atoms with Crippen molar-refractivity contribution in [2.45, 2.75) is 32.7 Å². The van der Waals surface area contributed by atoms with Crippen molar-refractivity contribution in [3.8, 4) is 18.1 Å². The van der Waals surface area contributed by atoms with E-state index >= 15 is 0 Å². The molecule has 0 aliphatic carbocycles. The van der Waals surface area contributed by atoms with Gasteiger partial charge >= 0.3 is 0 Å². The molecule has 0 bridgehead atoms. The van der Waals surface area contributed by atoms with Crippen LogP contribution in [0.5, 0.6) is 5.75 Å². The van der Waals surface area contributed by atoms with Crippen molar-refractivity contribution >= 4 is 27.5 Å². The standard InChI is InChI=1S/C22H21FN2O2S/c1-3-5-6-15-27-17-12-10-16(11-13-17)21(26)24-22-25(14-4-2)20-18(23)8-7-9-19(20)28-22/h2,7-13H,3,5-6,14-15H2,1H3. The fourth-order valence-corrected chi connectivity index (χ4v) is 3.84. The van der Waals surface area contributed by atoms with Crippen molar-refractivity contribution in [1.29, 1.82) is 0 Å². The Balaban J connectivity index is 1.85. The molecule has 1 heterocycles. The van der Waals surface area contributed by atoms with E-state index in [4.69, 9.17) is 11.2 Å². The summed E-state index contributed by atoms with van der Waals surface area (Å²) in [7, 11) is 0. The van der Waals surface area contributed by atoms with Gasteiger partial charge in [-0.1, -0.05) is 43.1 Å². The minimum Gasteiger partial charge on any atom is -0.494 e. The molecule has 1 amide bonds. The molecule has 28 heavy (non-hydrogen) atoms. The molecule has 2 aromatic carbocycles. The number of hydrogen-bond donors (Lipinski definition) is 0. The van der Waals surface area contributed by atoms with E-state index in [0.717, 1.165) is 25.0 Å². The number of aromatic nitrogens is 1. The first-order valence-electron chi connectivity index (χ1n) is 9.17. The van der Waals surface area contributed by atoms with E-state index in [2.05, 4.69) is 17.8 Å². The fourth-order valence-electron chi connectivity index (χ4n) is 2.80. The van der Waals surface area contributed by atoms with Crippen LogP contribution in [0.1, 0.15) is 36.5 Å². The third-order valence-electron chi connectivity index (χ3n) is 4.22. The lowest BCUT2D eigenvalue weighted by molar-refractivity contribution is 0.0998. The number of halogens is 1. The zero-order valence-corrected chi connectivity index (χ0v) is 16.5.